The van der Waals surface area contributed by atoms with Crippen molar-refractivity contribution in [1.82, 2.24) is 10.1 Å². The molecule has 22 heavy (non-hydrogen) atoms. The van der Waals surface area contributed by atoms with Crippen LogP contribution in [0.15, 0.2) is 28.8 Å². The highest BCUT2D eigenvalue weighted by Crippen LogP contribution is 2.32. The Kier molecular flexibility index (Phi) is 5.09. The van der Waals surface area contributed by atoms with E-state index < -0.39 is 0 Å². The SMILES string of the molecule is CCCCOc1ccc(-c2noc(C3CCCCC3)n2)cc1. The van der Waals surface area contributed by atoms with Crippen molar-refractivity contribution in [2.45, 2.75) is 57.8 Å². The molecule has 0 unspecified atom stereocenters. The number of benzene rings is 1. The van der Waals surface area contributed by atoms with E-state index in [0.717, 1.165) is 36.7 Å². The Balaban J connectivity index is 1.65. The van der Waals surface area contributed by atoms with Crippen LogP contribution in [0.5, 0.6) is 5.75 Å². The lowest BCUT2D eigenvalue weighted by Crippen LogP contribution is -2.04. The maximum Gasteiger partial charge on any atom is 0.230 e. The highest BCUT2D eigenvalue weighted by molar-refractivity contribution is 5.55. The van der Waals surface area contributed by atoms with Gasteiger partial charge in [-0.2, -0.15) is 4.98 Å². The van der Waals surface area contributed by atoms with Crippen LogP contribution in [0.25, 0.3) is 11.4 Å². The molecule has 1 fully saturated rings. The zero-order valence-corrected chi connectivity index (χ0v) is 13.3. The largest absolute Gasteiger partial charge is 0.494 e. The first-order valence-corrected chi connectivity index (χ1v) is 8.43. The zero-order valence-electron chi connectivity index (χ0n) is 13.3. The van der Waals surface area contributed by atoms with Crippen LogP contribution in [0.4, 0.5) is 0 Å². The van der Waals surface area contributed by atoms with Crippen molar-refractivity contribution in [1.29, 1.82) is 0 Å². The quantitative estimate of drug-likeness (QED) is 0.707. The number of unbranched alkanes of at least 4 members (excludes halogenated alkanes) is 1. The molecule has 0 atom stereocenters. The van der Waals surface area contributed by atoms with E-state index in [9.17, 15) is 0 Å². The number of nitrogens with zero attached hydrogens (tertiary/aromatic N) is 2. The summed E-state index contributed by atoms with van der Waals surface area (Å²) in [6, 6.07) is 7.94. The third-order valence-corrected chi connectivity index (χ3v) is 4.28. The van der Waals surface area contributed by atoms with Gasteiger partial charge in [0, 0.05) is 11.5 Å². The maximum absolute atomic E-state index is 5.67. The Morgan fingerprint density at radius 1 is 1.14 bits per heavy atom. The first kappa shape index (κ1) is 15.1. The van der Waals surface area contributed by atoms with Gasteiger partial charge in [0.15, 0.2) is 0 Å². The minimum Gasteiger partial charge on any atom is -0.494 e. The first-order chi connectivity index (χ1) is 10.9. The number of hydrogen-bond donors (Lipinski definition) is 0. The second-order valence-electron chi connectivity index (χ2n) is 6.02. The highest BCUT2D eigenvalue weighted by Gasteiger charge is 2.21. The van der Waals surface area contributed by atoms with Gasteiger partial charge in [-0.3, -0.25) is 0 Å². The number of aromatic nitrogens is 2. The van der Waals surface area contributed by atoms with E-state index >= 15 is 0 Å². The molecule has 0 amide bonds. The minimum atomic E-state index is 0.451. The fourth-order valence-electron chi connectivity index (χ4n) is 2.90. The van der Waals surface area contributed by atoms with Crippen LogP contribution < -0.4 is 4.74 Å². The van der Waals surface area contributed by atoms with Gasteiger partial charge in [-0.15, -0.1) is 0 Å². The molecule has 0 N–H and O–H groups in total. The summed E-state index contributed by atoms with van der Waals surface area (Å²) in [5, 5.41) is 4.14. The predicted octanol–water partition coefficient (Wildman–Crippen LogP) is 4.96. The van der Waals surface area contributed by atoms with Crippen molar-refractivity contribution in [3.63, 3.8) is 0 Å². The summed E-state index contributed by atoms with van der Waals surface area (Å²) >= 11 is 0. The maximum atomic E-state index is 5.67. The predicted molar refractivity (Wildman–Crippen MR) is 86.0 cm³/mol. The van der Waals surface area contributed by atoms with E-state index in [1.807, 2.05) is 24.3 Å². The molecular weight excluding hydrogens is 276 g/mol. The van der Waals surface area contributed by atoms with Crippen LogP contribution in [0.2, 0.25) is 0 Å². The highest BCUT2D eigenvalue weighted by atomic mass is 16.5. The van der Waals surface area contributed by atoms with E-state index in [1.165, 1.54) is 32.1 Å². The molecule has 1 aliphatic carbocycles. The Bertz CT molecular complexity index is 571. The molecule has 0 spiro atoms. The van der Waals surface area contributed by atoms with Gasteiger partial charge in [-0.1, -0.05) is 37.8 Å². The lowest BCUT2D eigenvalue weighted by molar-refractivity contribution is 0.309. The van der Waals surface area contributed by atoms with Gasteiger partial charge < -0.3 is 9.26 Å². The molecule has 0 aliphatic heterocycles. The monoisotopic (exact) mass is 300 g/mol. The van der Waals surface area contributed by atoms with E-state index in [0.29, 0.717) is 11.7 Å². The minimum absolute atomic E-state index is 0.451. The van der Waals surface area contributed by atoms with Gasteiger partial charge in [0.2, 0.25) is 11.7 Å². The van der Waals surface area contributed by atoms with E-state index in [2.05, 4.69) is 17.1 Å². The molecule has 3 rings (SSSR count). The van der Waals surface area contributed by atoms with Gasteiger partial charge in [0.25, 0.3) is 0 Å². The van der Waals surface area contributed by atoms with E-state index in [-0.39, 0.29) is 0 Å². The normalized spacial score (nSPS) is 15.9. The fraction of sp³-hybridized carbons (Fsp3) is 0.556. The standard InChI is InChI=1S/C18H24N2O2/c1-2-3-13-21-16-11-9-14(10-12-16)17-19-18(22-20-17)15-7-5-4-6-8-15/h9-12,15H,2-8,13H2,1H3. The Morgan fingerprint density at radius 2 is 1.91 bits per heavy atom. The van der Waals surface area contributed by atoms with Crippen molar-refractivity contribution in [3.05, 3.63) is 30.2 Å². The average Bonchev–Trinajstić information content (AvgIpc) is 3.07. The summed E-state index contributed by atoms with van der Waals surface area (Å²) in [6.07, 6.45) is 8.44. The van der Waals surface area contributed by atoms with Gasteiger partial charge in [0.1, 0.15) is 5.75 Å². The Morgan fingerprint density at radius 3 is 2.64 bits per heavy atom. The summed E-state index contributed by atoms with van der Waals surface area (Å²) in [7, 11) is 0. The van der Waals surface area contributed by atoms with Gasteiger partial charge in [-0.05, 0) is 43.5 Å². The third-order valence-electron chi connectivity index (χ3n) is 4.28. The van der Waals surface area contributed by atoms with E-state index in [4.69, 9.17) is 9.26 Å². The summed E-state index contributed by atoms with van der Waals surface area (Å²) in [5.74, 6) is 2.83. The smallest absolute Gasteiger partial charge is 0.230 e. The molecule has 118 valence electrons. The Hall–Kier alpha value is -1.84. The molecule has 1 aromatic heterocycles. The lowest BCUT2D eigenvalue weighted by Gasteiger charge is -2.17. The molecule has 4 heteroatoms. The first-order valence-electron chi connectivity index (χ1n) is 8.43. The average molecular weight is 300 g/mol. The second-order valence-corrected chi connectivity index (χ2v) is 6.02. The van der Waals surface area contributed by atoms with Crippen molar-refractivity contribution in [3.8, 4) is 17.1 Å². The molecule has 1 heterocycles. The molecule has 0 radical (unpaired) electrons. The molecule has 1 aliphatic rings. The molecular formula is C18H24N2O2. The van der Waals surface area contributed by atoms with Crippen LogP contribution in [0.1, 0.15) is 63.7 Å². The van der Waals surface area contributed by atoms with Crippen LogP contribution >= 0.6 is 0 Å². The molecule has 1 aromatic carbocycles. The second kappa shape index (κ2) is 7.43. The van der Waals surface area contributed by atoms with Crippen LogP contribution in [0.3, 0.4) is 0 Å². The molecule has 1 saturated carbocycles. The summed E-state index contributed by atoms with van der Waals surface area (Å²) < 4.78 is 11.1. The van der Waals surface area contributed by atoms with Crippen molar-refractivity contribution >= 4 is 0 Å². The van der Waals surface area contributed by atoms with Crippen LogP contribution in [0, 0.1) is 0 Å². The molecule has 0 bridgehead atoms. The lowest BCUT2D eigenvalue weighted by atomic mass is 9.89. The summed E-state index contributed by atoms with van der Waals surface area (Å²) in [4.78, 5) is 4.59. The number of hydrogen-bond acceptors (Lipinski definition) is 4. The van der Waals surface area contributed by atoms with E-state index in [1.54, 1.807) is 0 Å². The van der Waals surface area contributed by atoms with Gasteiger partial charge >= 0.3 is 0 Å². The van der Waals surface area contributed by atoms with Crippen molar-refractivity contribution in [2.75, 3.05) is 6.61 Å². The molecule has 4 nitrogen and oxygen atoms in total. The molecule has 2 aromatic rings. The number of ether oxygens (including phenoxy) is 1. The van der Waals surface area contributed by atoms with Crippen molar-refractivity contribution in [2.24, 2.45) is 0 Å². The number of rotatable bonds is 6. The van der Waals surface area contributed by atoms with Crippen LogP contribution in [-0.4, -0.2) is 16.7 Å². The van der Waals surface area contributed by atoms with Gasteiger partial charge in [0.05, 0.1) is 6.61 Å². The topological polar surface area (TPSA) is 48.2 Å². The van der Waals surface area contributed by atoms with Crippen LogP contribution in [-0.2, 0) is 0 Å². The van der Waals surface area contributed by atoms with Gasteiger partial charge in [-0.25, -0.2) is 0 Å². The molecule has 0 saturated heterocycles. The summed E-state index contributed by atoms with van der Waals surface area (Å²) in [6.45, 7) is 2.93. The van der Waals surface area contributed by atoms with Crippen molar-refractivity contribution < 1.29 is 9.26 Å². The Labute approximate surface area is 131 Å². The zero-order chi connectivity index (χ0) is 15.2. The third kappa shape index (κ3) is 3.67. The summed E-state index contributed by atoms with van der Waals surface area (Å²) in [5.41, 5.74) is 0.980. The fourth-order valence-corrected chi connectivity index (χ4v) is 2.90.